The normalized spacial score (nSPS) is 18.0. The van der Waals surface area contributed by atoms with Crippen LogP contribution in [-0.4, -0.2) is 46.7 Å². The molecule has 1 atom stereocenters. The standard InChI is InChI=1S/C19H26N6O/c1-21-19(24-9-3-6-16(14-24)12-18(20)26)22-13-15-5-2-7-17(11-15)25-10-4-8-23-25/h2,4-5,7-8,10-11,16H,3,6,9,12-14H2,1H3,(H2,20,26)(H,21,22). The number of benzene rings is 1. The molecule has 1 unspecified atom stereocenters. The Bertz CT molecular complexity index is 755. The number of piperidine rings is 1. The second-order valence-corrected chi connectivity index (χ2v) is 6.65. The predicted octanol–water partition coefficient (Wildman–Crippen LogP) is 1.54. The van der Waals surface area contributed by atoms with Gasteiger partial charge in [-0.25, -0.2) is 4.68 Å². The zero-order valence-electron chi connectivity index (χ0n) is 15.1. The number of aromatic nitrogens is 2. The molecule has 7 heteroatoms. The summed E-state index contributed by atoms with van der Waals surface area (Å²) in [5.74, 6) is 0.946. The Morgan fingerprint density at radius 3 is 3.04 bits per heavy atom. The van der Waals surface area contributed by atoms with E-state index in [2.05, 4.69) is 32.4 Å². The second-order valence-electron chi connectivity index (χ2n) is 6.65. The Kier molecular flexibility index (Phi) is 5.88. The van der Waals surface area contributed by atoms with Crippen molar-refractivity contribution in [1.29, 1.82) is 0 Å². The van der Waals surface area contributed by atoms with Gasteiger partial charge in [-0.3, -0.25) is 9.79 Å². The van der Waals surface area contributed by atoms with Crippen LogP contribution in [0.25, 0.3) is 5.69 Å². The minimum atomic E-state index is -0.227. The van der Waals surface area contributed by atoms with Gasteiger partial charge in [0.1, 0.15) is 0 Å². The zero-order valence-corrected chi connectivity index (χ0v) is 15.1. The van der Waals surface area contributed by atoms with Gasteiger partial charge >= 0.3 is 0 Å². The van der Waals surface area contributed by atoms with Crippen LogP contribution in [0.15, 0.2) is 47.7 Å². The fourth-order valence-electron chi connectivity index (χ4n) is 3.45. The van der Waals surface area contributed by atoms with Crippen LogP contribution in [0.1, 0.15) is 24.8 Å². The van der Waals surface area contributed by atoms with Crippen LogP contribution < -0.4 is 11.1 Å². The van der Waals surface area contributed by atoms with Gasteiger partial charge in [0.05, 0.1) is 5.69 Å². The molecule has 0 radical (unpaired) electrons. The fraction of sp³-hybridized carbons (Fsp3) is 0.421. The van der Waals surface area contributed by atoms with E-state index in [4.69, 9.17) is 5.73 Å². The summed E-state index contributed by atoms with van der Waals surface area (Å²) in [7, 11) is 1.79. The lowest BCUT2D eigenvalue weighted by Gasteiger charge is -2.34. The van der Waals surface area contributed by atoms with E-state index in [9.17, 15) is 4.79 Å². The zero-order chi connectivity index (χ0) is 18.4. The van der Waals surface area contributed by atoms with E-state index in [-0.39, 0.29) is 5.91 Å². The number of nitrogens with zero attached hydrogens (tertiary/aromatic N) is 4. The molecule has 0 saturated carbocycles. The molecule has 0 spiro atoms. The van der Waals surface area contributed by atoms with Crippen LogP contribution in [0.5, 0.6) is 0 Å². The van der Waals surface area contributed by atoms with Gasteiger partial charge in [-0.15, -0.1) is 0 Å². The Balaban J connectivity index is 1.61. The highest BCUT2D eigenvalue weighted by Gasteiger charge is 2.23. The summed E-state index contributed by atoms with van der Waals surface area (Å²) in [5.41, 5.74) is 7.54. The van der Waals surface area contributed by atoms with E-state index in [1.165, 1.54) is 0 Å². The highest BCUT2D eigenvalue weighted by molar-refractivity contribution is 5.80. The number of carbonyl (C=O) groups is 1. The Morgan fingerprint density at radius 1 is 1.42 bits per heavy atom. The van der Waals surface area contributed by atoms with Gasteiger partial charge < -0.3 is 16.0 Å². The molecule has 2 aromatic rings. The molecule has 1 aromatic heterocycles. The summed E-state index contributed by atoms with van der Waals surface area (Å²) >= 11 is 0. The van der Waals surface area contributed by atoms with Gasteiger partial charge in [-0.1, -0.05) is 12.1 Å². The third-order valence-corrected chi connectivity index (χ3v) is 4.65. The quantitative estimate of drug-likeness (QED) is 0.630. The molecule has 0 aliphatic carbocycles. The van der Waals surface area contributed by atoms with Crippen molar-refractivity contribution in [3.8, 4) is 5.69 Å². The Morgan fingerprint density at radius 2 is 2.31 bits per heavy atom. The highest BCUT2D eigenvalue weighted by atomic mass is 16.1. The smallest absolute Gasteiger partial charge is 0.217 e. The minimum absolute atomic E-state index is 0.227. The van der Waals surface area contributed by atoms with E-state index in [1.54, 1.807) is 13.2 Å². The van der Waals surface area contributed by atoms with Gasteiger partial charge in [-0.2, -0.15) is 5.10 Å². The van der Waals surface area contributed by atoms with E-state index in [0.717, 1.165) is 43.1 Å². The van der Waals surface area contributed by atoms with Crippen LogP contribution >= 0.6 is 0 Å². The first kappa shape index (κ1) is 18.0. The van der Waals surface area contributed by atoms with Crippen molar-refractivity contribution in [2.45, 2.75) is 25.8 Å². The number of likely N-dealkylation sites (tertiary alicyclic amines) is 1. The van der Waals surface area contributed by atoms with Gasteiger partial charge in [0.2, 0.25) is 5.91 Å². The fourth-order valence-corrected chi connectivity index (χ4v) is 3.45. The van der Waals surface area contributed by atoms with Crippen LogP contribution in [0.3, 0.4) is 0 Å². The van der Waals surface area contributed by atoms with Crippen molar-refractivity contribution < 1.29 is 4.79 Å². The number of hydrogen-bond acceptors (Lipinski definition) is 3. The number of nitrogens with one attached hydrogen (secondary N) is 1. The molecule has 138 valence electrons. The van der Waals surface area contributed by atoms with Crippen molar-refractivity contribution in [3.63, 3.8) is 0 Å². The Labute approximate surface area is 153 Å². The first-order chi connectivity index (χ1) is 12.7. The molecule has 3 N–H and O–H groups in total. The monoisotopic (exact) mass is 354 g/mol. The number of guanidine groups is 1. The second kappa shape index (κ2) is 8.51. The van der Waals surface area contributed by atoms with E-state index in [1.807, 2.05) is 29.1 Å². The molecule has 3 rings (SSSR count). The van der Waals surface area contributed by atoms with Crippen LogP contribution in [0, 0.1) is 5.92 Å². The van der Waals surface area contributed by atoms with Gasteiger partial charge in [0.15, 0.2) is 5.96 Å². The molecule has 0 bridgehead atoms. The molecule has 26 heavy (non-hydrogen) atoms. The summed E-state index contributed by atoms with van der Waals surface area (Å²) in [6, 6.07) is 10.2. The lowest BCUT2D eigenvalue weighted by atomic mass is 9.95. The first-order valence-corrected chi connectivity index (χ1v) is 8.98. The topological polar surface area (TPSA) is 88.5 Å². The van der Waals surface area contributed by atoms with Gasteiger partial charge in [0, 0.05) is 45.5 Å². The number of aliphatic imine (C=N–C) groups is 1. The van der Waals surface area contributed by atoms with Crippen LogP contribution in [0.2, 0.25) is 0 Å². The van der Waals surface area contributed by atoms with E-state index < -0.39 is 0 Å². The van der Waals surface area contributed by atoms with Crippen molar-refractivity contribution >= 4 is 11.9 Å². The molecule has 1 amide bonds. The van der Waals surface area contributed by atoms with E-state index in [0.29, 0.717) is 18.9 Å². The molecule has 1 fully saturated rings. The SMILES string of the molecule is CN=C(NCc1cccc(-n2cccn2)c1)N1CCCC(CC(N)=O)C1. The van der Waals surface area contributed by atoms with Crippen molar-refractivity contribution in [2.75, 3.05) is 20.1 Å². The third kappa shape index (κ3) is 4.62. The van der Waals surface area contributed by atoms with Crippen molar-refractivity contribution in [2.24, 2.45) is 16.6 Å². The van der Waals surface area contributed by atoms with Crippen LogP contribution in [0.4, 0.5) is 0 Å². The van der Waals surface area contributed by atoms with Gasteiger partial charge in [0.25, 0.3) is 0 Å². The summed E-state index contributed by atoms with van der Waals surface area (Å²) < 4.78 is 1.84. The maximum Gasteiger partial charge on any atom is 0.217 e. The number of rotatable bonds is 5. The molecular formula is C19H26N6O. The molecule has 1 aromatic carbocycles. The lowest BCUT2D eigenvalue weighted by Crippen LogP contribution is -2.46. The minimum Gasteiger partial charge on any atom is -0.370 e. The van der Waals surface area contributed by atoms with Gasteiger partial charge in [-0.05, 0) is 42.5 Å². The summed E-state index contributed by atoms with van der Waals surface area (Å²) in [6.45, 7) is 2.44. The molecule has 1 aliphatic rings. The average molecular weight is 354 g/mol. The van der Waals surface area contributed by atoms with Crippen molar-refractivity contribution in [3.05, 3.63) is 48.3 Å². The maximum absolute atomic E-state index is 11.2. The molecule has 1 aliphatic heterocycles. The molecule has 2 heterocycles. The number of amides is 1. The predicted molar refractivity (Wildman–Crippen MR) is 102 cm³/mol. The highest BCUT2D eigenvalue weighted by Crippen LogP contribution is 2.19. The summed E-state index contributed by atoms with van der Waals surface area (Å²) in [5, 5.41) is 7.70. The van der Waals surface area contributed by atoms with Crippen molar-refractivity contribution in [1.82, 2.24) is 20.0 Å². The number of nitrogens with two attached hydrogens (primary N) is 1. The Hall–Kier alpha value is -2.83. The summed E-state index contributed by atoms with van der Waals surface area (Å²) in [6.07, 6.45) is 6.24. The molecule has 7 nitrogen and oxygen atoms in total. The average Bonchev–Trinajstić information content (AvgIpc) is 3.17. The maximum atomic E-state index is 11.2. The first-order valence-electron chi connectivity index (χ1n) is 8.98. The summed E-state index contributed by atoms with van der Waals surface area (Å²) in [4.78, 5) is 17.8. The number of hydrogen-bond donors (Lipinski definition) is 2. The third-order valence-electron chi connectivity index (χ3n) is 4.65. The molecular weight excluding hydrogens is 328 g/mol. The van der Waals surface area contributed by atoms with Crippen LogP contribution in [-0.2, 0) is 11.3 Å². The molecule has 1 saturated heterocycles. The van der Waals surface area contributed by atoms with E-state index >= 15 is 0 Å². The number of primary amides is 1. The number of carbonyl (C=O) groups excluding carboxylic acids is 1. The largest absolute Gasteiger partial charge is 0.370 e. The lowest BCUT2D eigenvalue weighted by molar-refractivity contribution is -0.119.